The van der Waals surface area contributed by atoms with E-state index in [1.807, 2.05) is 18.2 Å². The predicted molar refractivity (Wildman–Crippen MR) is 78.6 cm³/mol. The number of nitriles is 1. The molecule has 0 saturated carbocycles. The van der Waals surface area contributed by atoms with Crippen molar-refractivity contribution in [3.63, 3.8) is 0 Å². The fraction of sp³-hybridized carbons (Fsp3) is 0.294. The van der Waals surface area contributed by atoms with Crippen LogP contribution in [0.25, 0.3) is 0 Å². The first-order valence-electron chi connectivity index (χ1n) is 6.68. The van der Waals surface area contributed by atoms with Crippen molar-refractivity contribution in [3.05, 3.63) is 58.9 Å². The van der Waals surface area contributed by atoms with Gasteiger partial charge in [0.1, 0.15) is 24.1 Å². The van der Waals surface area contributed by atoms with Gasteiger partial charge in [-0.3, -0.25) is 0 Å². The Morgan fingerprint density at radius 2 is 2.05 bits per heavy atom. The van der Waals surface area contributed by atoms with Crippen molar-refractivity contribution in [1.82, 2.24) is 4.98 Å². The van der Waals surface area contributed by atoms with E-state index in [-0.39, 0.29) is 0 Å². The molecule has 1 heterocycles. The minimum absolute atomic E-state index is 0.414. The summed E-state index contributed by atoms with van der Waals surface area (Å²) in [5.41, 5.74) is 3.94. The summed E-state index contributed by atoms with van der Waals surface area (Å²) in [6.45, 7) is 6.91. The van der Waals surface area contributed by atoms with Gasteiger partial charge in [-0.25, -0.2) is 4.98 Å². The molecule has 0 unspecified atom stereocenters. The molecule has 2 aromatic rings. The molecule has 0 aliphatic carbocycles. The third-order valence-electron chi connectivity index (χ3n) is 3.21. The number of hydrogen-bond acceptors (Lipinski definition) is 3. The highest BCUT2D eigenvalue weighted by molar-refractivity contribution is 5.36. The van der Waals surface area contributed by atoms with Crippen LogP contribution in [0.5, 0.6) is 5.75 Å². The van der Waals surface area contributed by atoms with Crippen molar-refractivity contribution in [3.8, 4) is 11.8 Å². The molecule has 0 atom stereocenters. The monoisotopic (exact) mass is 266 g/mol. The minimum atomic E-state index is 0.414. The number of aromatic nitrogens is 1. The molecule has 3 heteroatoms. The van der Waals surface area contributed by atoms with Crippen LogP contribution in [0.3, 0.4) is 0 Å². The normalized spacial score (nSPS) is 10.3. The van der Waals surface area contributed by atoms with E-state index >= 15 is 0 Å². The van der Waals surface area contributed by atoms with Gasteiger partial charge in [-0.15, -0.1) is 0 Å². The van der Waals surface area contributed by atoms with E-state index in [4.69, 9.17) is 10.00 Å². The zero-order chi connectivity index (χ0) is 14.5. The SMILES string of the molecule is Cc1cc(OCc2ccnc(C#N)c2)ccc1C(C)C. The van der Waals surface area contributed by atoms with Crippen LogP contribution in [0.15, 0.2) is 36.5 Å². The Labute approximate surface area is 119 Å². The van der Waals surface area contributed by atoms with Gasteiger partial charge in [-0.2, -0.15) is 5.26 Å². The zero-order valence-corrected chi connectivity index (χ0v) is 12.1. The topological polar surface area (TPSA) is 45.9 Å². The molecule has 0 aliphatic heterocycles. The minimum Gasteiger partial charge on any atom is -0.489 e. The van der Waals surface area contributed by atoms with Gasteiger partial charge in [0, 0.05) is 6.20 Å². The van der Waals surface area contributed by atoms with Gasteiger partial charge >= 0.3 is 0 Å². The lowest BCUT2D eigenvalue weighted by Gasteiger charge is -2.12. The lowest BCUT2D eigenvalue weighted by molar-refractivity contribution is 0.305. The van der Waals surface area contributed by atoms with Crippen LogP contribution in [0.4, 0.5) is 0 Å². The van der Waals surface area contributed by atoms with Crippen molar-refractivity contribution in [1.29, 1.82) is 5.26 Å². The number of nitrogens with zero attached hydrogens (tertiary/aromatic N) is 2. The van der Waals surface area contributed by atoms with Gasteiger partial charge in [-0.1, -0.05) is 19.9 Å². The second-order valence-corrected chi connectivity index (χ2v) is 5.12. The number of benzene rings is 1. The lowest BCUT2D eigenvalue weighted by atomic mass is 9.98. The van der Waals surface area contributed by atoms with Gasteiger partial charge in [0.05, 0.1) is 0 Å². The molecule has 0 N–H and O–H groups in total. The molecular formula is C17H18N2O. The van der Waals surface area contributed by atoms with E-state index in [1.54, 1.807) is 12.3 Å². The number of ether oxygens (including phenoxy) is 1. The smallest absolute Gasteiger partial charge is 0.140 e. The Kier molecular flexibility index (Phi) is 4.37. The Bertz CT molecular complexity index is 642. The Morgan fingerprint density at radius 1 is 1.25 bits per heavy atom. The third-order valence-corrected chi connectivity index (χ3v) is 3.21. The van der Waals surface area contributed by atoms with Crippen molar-refractivity contribution in [2.24, 2.45) is 0 Å². The molecular weight excluding hydrogens is 248 g/mol. The Hall–Kier alpha value is -2.34. The largest absolute Gasteiger partial charge is 0.489 e. The van der Waals surface area contributed by atoms with Crippen molar-refractivity contribution in [2.75, 3.05) is 0 Å². The van der Waals surface area contributed by atoms with Crippen LogP contribution >= 0.6 is 0 Å². The molecule has 3 nitrogen and oxygen atoms in total. The van der Waals surface area contributed by atoms with Crippen LogP contribution in [0.1, 0.15) is 42.1 Å². The van der Waals surface area contributed by atoms with Crippen LogP contribution in [-0.2, 0) is 6.61 Å². The van der Waals surface area contributed by atoms with Gasteiger partial charge < -0.3 is 4.74 Å². The van der Waals surface area contributed by atoms with Crippen LogP contribution in [0, 0.1) is 18.3 Å². The zero-order valence-electron chi connectivity index (χ0n) is 12.1. The number of pyridine rings is 1. The van der Waals surface area contributed by atoms with Gasteiger partial charge in [-0.05, 0) is 53.8 Å². The van der Waals surface area contributed by atoms with Crippen LogP contribution < -0.4 is 4.74 Å². The van der Waals surface area contributed by atoms with E-state index < -0.39 is 0 Å². The second kappa shape index (κ2) is 6.21. The Morgan fingerprint density at radius 3 is 2.70 bits per heavy atom. The molecule has 20 heavy (non-hydrogen) atoms. The Balaban J connectivity index is 2.07. The molecule has 0 radical (unpaired) electrons. The maximum Gasteiger partial charge on any atom is 0.140 e. The summed E-state index contributed by atoms with van der Waals surface area (Å²) in [4.78, 5) is 3.94. The summed E-state index contributed by atoms with van der Waals surface area (Å²) in [7, 11) is 0. The number of hydrogen-bond donors (Lipinski definition) is 0. The number of aryl methyl sites for hydroxylation is 1. The third kappa shape index (κ3) is 3.36. The van der Waals surface area contributed by atoms with E-state index in [1.165, 1.54) is 11.1 Å². The second-order valence-electron chi connectivity index (χ2n) is 5.12. The summed E-state index contributed by atoms with van der Waals surface area (Å²) in [6, 6.07) is 11.8. The molecule has 1 aromatic carbocycles. The van der Waals surface area contributed by atoms with Crippen molar-refractivity contribution in [2.45, 2.75) is 33.3 Å². The van der Waals surface area contributed by atoms with Gasteiger partial charge in [0.25, 0.3) is 0 Å². The highest BCUT2D eigenvalue weighted by Crippen LogP contribution is 2.24. The first-order chi connectivity index (χ1) is 9.60. The number of rotatable bonds is 4. The molecule has 0 saturated heterocycles. The first kappa shape index (κ1) is 14.1. The highest BCUT2D eigenvalue weighted by Gasteiger charge is 2.05. The maximum absolute atomic E-state index is 8.81. The molecule has 1 aromatic heterocycles. The van der Waals surface area contributed by atoms with Crippen molar-refractivity contribution >= 4 is 0 Å². The van der Waals surface area contributed by atoms with Gasteiger partial charge in [0.2, 0.25) is 0 Å². The first-order valence-corrected chi connectivity index (χ1v) is 6.68. The predicted octanol–water partition coefficient (Wildman–Crippen LogP) is 3.96. The highest BCUT2D eigenvalue weighted by atomic mass is 16.5. The van der Waals surface area contributed by atoms with Crippen molar-refractivity contribution < 1.29 is 4.74 Å². The van der Waals surface area contributed by atoms with Gasteiger partial charge in [0.15, 0.2) is 0 Å². The molecule has 0 amide bonds. The average Bonchev–Trinajstić information content (AvgIpc) is 2.45. The fourth-order valence-electron chi connectivity index (χ4n) is 2.18. The van der Waals surface area contributed by atoms with E-state index in [2.05, 4.69) is 37.9 Å². The average molecular weight is 266 g/mol. The van der Waals surface area contributed by atoms with E-state index in [9.17, 15) is 0 Å². The maximum atomic E-state index is 8.81. The summed E-state index contributed by atoms with van der Waals surface area (Å²) in [5.74, 6) is 1.37. The fourth-order valence-corrected chi connectivity index (χ4v) is 2.18. The molecule has 0 aliphatic rings. The molecule has 102 valence electrons. The molecule has 2 rings (SSSR count). The molecule has 0 spiro atoms. The van der Waals surface area contributed by atoms with Crippen LogP contribution in [-0.4, -0.2) is 4.98 Å². The molecule has 0 fully saturated rings. The summed E-state index contributed by atoms with van der Waals surface area (Å²) >= 11 is 0. The summed E-state index contributed by atoms with van der Waals surface area (Å²) < 4.78 is 5.77. The summed E-state index contributed by atoms with van der Waals surface area (Å²) in [6.07, 6.45) is 1.63. The van der Waals surface area contributed by atoms with Crippen LogP contribution in [0.2, 0.25) is 0 Å². The quantitative estimate of drug-likeness (QED) is 0.841. The standard InChI is InChI=1S/C17H18N2O/c1-12(2)17-5-4-16(8-13(17)3)20-11-14-6-7-19-15(9-14)10-18/h4-9,12H,11H2,1-3H3. The molecule has 0 bridgehead atoms. The summed E-state index contributed by atoms with van der Waals surface area (Å²) in [5, 5.41) is 8.81. The van der Waals surface area contributed by atoms with E-state index in [0.717, 1.165) is 11.3 Å². The van der Waals surface area contributed by atoms with E-state index in [0.29, 0.717) is 18.2 Å². The lowest BCUT2D eigenvalue weighted by Crippen LogP contribution is -1.98.